The Balaban J connectivity index is 2.46. The predicted molar refractivity (Wildman–Crippen MR) is 139 cm³/mol. The summed E-state index contributed by atoms with van der Waals surface area (Å²) in [6.45, 7) is 10.6. The van der Waals surface area contributed by atoms with Crippen molar-refractivity contribution in [3.63, 3.8) is 0 Å². The van der Waals surface area contributed by atoms with Crippen molar-refractivity contribution in [2.45, 2.75) is 104 Å². The summed E-state index contributed by atoms with van der Waals surface area (Å²) in [7, 11) is 0. The van der Waals surface area contributed by atoms with E-state index in [0.717, 1.165) is 37.7 Å². The molecular formula is C28H42N4O4. The third-order valence-corrected chi connectivity index (χ3v) is 6.67. The molecule has 0 bridgehead atoms. The number of ether oxygens (including phenoxy) is 1. The third-order valence-electron chi connectivity index (χ3n) is 6.67. The highest BCUT2D eigenvalue weighted by molar-refractivity contribution is 5.92. The SMILES string of the molecule is CCC(C)C(NC(=O)OC(C)(C)C)C(=O)N(CC#N)C(C(=O)NC1CCCCC1)c1ccccc1C. The summed E-state index contributed by atoms with van der Waals surface area (Å²) in [4.78, 5) is 41.6. The van der Waals surface area contributed by atoms with Gasteiger partial charge in [0.25, 0.3) is 0 Å². The molecule has 3 amide bonds. The number of carbonyl (C=O) groups excluding carboxylic acids is 3. The predicted octanol–water partition coefficient (Wildman–Crippen LogP) is 4.78. The van der Waals surface area contributed by atoms with E-state index >= 15 is 0 Å². The van der Waals surface area contributed by atoms with Crippen molar-refractivity contribution < 1.29 is 19.1 Å². The second-order valence-electron chi connectivity index (χ2n) is 10.7. The van der Waals surface area contributed by atoms with Crippen LogP contribution in [0.1, 0.15) is 90.3 Å². The zero-order valence-corrected chi connectivity index (χ0v) is 22.6. The van der Waals surface area contributed by atoms with Gasteiger partial charge in [0.15, 0.2) is 0 Å². The molecule has 0 radical (unpaired) electrons. The molecule has 0 saturated heterocycles. The average molecular weight is 499 g/mol. The summed E-state index contributed by atoms with van der Waals surface area (Å²) < 4.78 is 5.40. The van der Waals surface area contributed by atoms with Crippen molar-refractivity contribution >= 4 is 17.9 Å². The lowest BCUT2D eigenvalue weighted by Gasteiger charge is -2.36. The third kappa shape index (κ3) is 8.25. The lowest BCUT2D eigenvalue weighted by molar-refractivity contribution is -0.143. The number of alkyl carbamates (subject to hydrolysis) is 1. The Morgan fingerprint density at radius 2 is 1.81 bits per heavy atom. The summed E-state index contributed by atoms with van der Waals surface area (Å²) in [6.07, 6.45) is 4.95. The van der Waals surface area contributed by atoms with E-state index in [1.807, 2.05) is 45.0 Å². The number of rotatable bonds is 9. The molecule has 0 aromatic heterocycles. The molecule has 3 unspecified atom stereocenters. The number of hydrogen-bond acceptors (Lipinski definition) is 5. The van der Waals surface area contributed by atoms with Crippen LogP contribution in [0.3, 0.4) is 0 Å². The van der Waals surface area contributed by atoms with E-state index in [-0.39, 0.29) is 24.4 Å². The molecule has 8 heteroatoms. The van der Waals surface area contributed by atoms with Crippen LogP contribution in [0.5, 0.6) is 0 Å². The van der Waals surface area contributed by atoms with E-state index in [1.54, 1.807) is 20.8 Å². The van der Waals surface area contributed by atoms with E-state index in [2.05, 4.69) is 16.7 Å². The zero-order chi connectivity index (χ0) is 26.9. The molecule has 1 saturated carbocycles. The second kappa shape index (κ2) is 13.3. The molecule has 0 spiro atoms. The molecule has 1 fully saturated rings. The lowest BCUT2D eigenvalue weighted by Crippen LogP contribution is -2.56. The highest BCUT2D eigenvalue weighted by Gasteiger charge is 2.39. The van der Waals surface area contributed by atoms with Gasteiger partial charge in [-0.3, -0.25) is 9.59 Å². The smallest absolute Gasteiger partial charge is 0.408 e. The van der Waals surface area contributed by atoms with Gasteiger partial charge in [-0.05, 0) is 57.6 Å². The number of carbonyl (C=O) groups is 3. The normalized spacial score (nSPS) is 16.7. The first kappa shape index (κ1) is 29.2. The topological polar surface area (TPSA) is 112 Å². The Labute approximate surface area is 215 Å². The van der Waals surface area contributed by atoms with Gasteiger partial charge < -0.3 is 20.3 Å². The van der Waals surface area contributed by atoms with Gasteiger partial charge in [-0.2, -0.15) is 5.26 Å². The maximum Gasteiger partial charge on any atom is 0.408 e. The fraction of sp³-hybridized carbons (Fsp3) is 0.643. The second-order valence-corrected chi connectivity index (χ2v) is 10.7. The minimum absolute atomic E-state index is 0.0436. The maximum atomic E-state index is 14.0. The number of nitrogens with zero attached hydrogens (tertiary/aromatic N) is 2. The highest BCUT2D eigenvalue weighted by atomic mass is 16.6. The van der Waals surface area contributed by atoms with Crippen LogP contribution in [0.25, 0.3) is 0 Å². The maximum absolute atomic E-state index is 14.0. The quantitative estimate of drug-likeness (QED) is 0.476. The van der Waals surface area contributed by atoms with Crippen LogP contribution < -0.4 is 10.6 Å². The Morgan fingerprint density at radius 3 is 2.36 bits per heavy atom. The molecule has 0 heterocycles. The first-order chi connectivity index (χ1) is 17.0. The van der Waals surface area contributed by atoms with Crippen LogP contribution >= 0.6 is 0 Å². The van der Waals surface area contributed by atoms with Crippen molar-refractivity contribution in [1.29, 1.82) is 5.26 Å². The Hall–Kier alpha value is -3.08. The molecule has 1 aliphatic rings. The van der Waals surface area contributed by atoms with Crippen LogP contribution in [0.15, 0.2) is 24.3 Å². The number of nitriles is 1. The Morgan fingerprint density at radius 1 is 1.17 bits per heavy atom. The zero-order valence-electron chi connectivity index (χ0n) is 22.6. The van der Waals surface area contributed by atoms with Gasteiger partial charge in [-0.25, -0.2) is 4.79 Å². The summed E-state index contributed by atoms with van der Waals surface area (Å²) in [5.41, 5.74) is 0.773. The van der Waals surface area contributed by atoms with Crippen molar-refractivity contribution in [2.75, 3.05) is 6.54 Å². The largest absolute Gasteiger partial charge is 0.444 e. The molecule has 3 atom stereocenters. The van der Waals surface area contributed by atoms with Gasteiger partial charge in [0.1, 0.15) is 24.2 Å². The number of nitrogens with one attached hydrogen (secondary N) is 2. The molecule has 1 aromatic rings. The molecule has 198 valence electrons. The van der Waals surface area contributed by atoms with Gasteiger partial charge in [-0.1, -0.05) is 63.8 Å². The van der Waals surface area contributed by atoms with E-state index in [4.69, 9.17) is 4.74 Å². The van der Waals surface area contributed by atoms with Gasteiger partial charge in [-0.15, -0.1) is 0 Å². The van der Waals surface area contributed by atoms with Gasteiger partial charge in [0, 0.05) is 6.04 Å². The minimum Gasteiger partial charge on any atom is -0.444 e. The van der Waals surface area contributed by atoms with Crippen molar-refractivity contribution in [1.82, 2.24) is 15.5 Å². The highest BCUT2D eigenvalue weighted by Crippen LogP contribution is 2.28. The number of benzene rings is 1. The fourth-order valence-electron chi connectivity index (χ4n) is 4.54. The van der Waals surface area contributed by atoms with Gasteiger partial charge >= 0.3 is 6.09 Å². The lowest BCUT2D eigenvalue weighted by atomic mass is 9.92. The number of hydrogen-bond donors (Lipinski definition) is 2. The van der Waals surface area contributed by atoms with Crippen LogP contribution in [0, 0.1) is 24.2 Å². The summed E-state index contributed by atoms with van der Waals surface area (Å²) in [5.74, 6) is -1.03. The van der Waals surface area contributed by atoms with Crippen LogP contribution in [-0.2, 0) is 14.3 Å². The molecular weight excluding hydrogens is 456 g/mol. The standard InChI is InChI=1S/C28H42N4O4/c1-7-19(2)23(31-27(35)36-28(4,5)6)26(34)32(18-17-29)24(22-16-12-11-13-20(22)3)25(33)30-21-14-9-8-10-15-21/h11-13,16,19,21,23-24H,7-10,14-15,18H2,1-6H3,(H,30,33)(H,31,35). The van der Waals surface area contributed by atoms with Crippen LogP contribution in [0.2, 0.25) is 0 Å². The summed E-state index contributed by atoms with van der Waals surface area (Å²) >= 11 is 0. The number of aryl methyl sites for hydroxylation is 1. The van der Waals surface area contributed by atoms with E-state index < -0.39 is 29.7 Å². The van der Waals surface area contributed by atoms with E-state index in [9.17, 15) is 19.6 Å². The summed E-state index contributed by atoms with van der Waals surface area (Å²) in [5, 5.41) is 15.5. The monoisotopic (exact) mass is 498 g/mol. The first-order valence-corrected chi connectivity index (χ1v) is 13.0. The minimum atomic E-state index is -0.993. The molecule has 1 aromatic carbocycles. The molecule has 36 heavy (non-hydrogen) atoms. The molecule has 2 rings (SSSR count). The van der Waals surface area contributed by atoms with E-state index in [1.165, 1.54) is 4.90 Å². The first-order valence-electron chi connectivity index (χ1n) is 13.0. The Bertz CT molecular complexity index is 944. The molecule has 0 aliphatic heterocycles. The van der Waals surface area contributed by atoms with Crippen LogP contribution in [0.4, 0.5) is 4.79 Å². The number of amides is 3. The van der Waals surface area contributed by atoms with Crippen molar-refractivity contribution in [3.8, 4) is 6.07 Å². The average Bonchev–Trinajstić information content (AvgIpc) is 2.82. The van der Waals surface area contributed by atoms with Crippen molar-refractivity contribution in [3.05, 3.63) is 35.4 Å². The molecule has 8 nitrogen and oxygen atoms in total. The molecule has 1 aliphatic carbocycles. The van der Waals surface area contributed by atoms with E-state index in [0.29, 0.717) is 12.0 Å². The van der Waals surface area contributed by atoms with Crippen LogP contribution in [-0.4, -0.2) is 47.0 Å². The Kier molecular flexibility index (Phi) is 10.8. The van der Waals surface area contributed by atoms with Gasteiger partial charge in [0.2, 0.25) is 11.8 Å². The summed E-state index contributed by atoms with van der Waals surface area (Å²) in [6, 6.07) is 7.56. The van der Waals surface area contributed by atoms with Gasteiger partial charge in [0.05, 0.1) is 6.07 Å². The van der Waals surface area contributed by atoms with Crippen molar-refractivity contribution in [2.24, 2.45) is 5.92 Å². The fourth-order valence-corrected chi connectivity index (χ4v) is 4.54. The molecule has 2 N–H and O–H groups in total.